The molecule has 0 saturated carbocycles. The van der Waals surface area contributed by atoms with Crippen LogP contribution in [-0.2, 0) is 14.3 Å². The van der Waals surface area contributed by atoms with Crippen LogP contribution in [0.25, 0.3) is 0 Å². The SMILES string of the molecule is CCCCOC(=O)c1ccccc1NC(=O)C(=O)Nc1c(F)cccc1F. The van der Waals surface area contributed by atoms with Gasteiger partial charge < -0.3 is 15.4 Å². The van der Waals surface area contributed by atoms with Crippen LogP contribution in [0.1, 0.15) is 30.1 Å². The number of unbranched alkanes of at least 4 members (excludes halogenated alkanes) is 1. The first-order valence-electron chi connectivity index (χ1n) is 8.26. The highest BCUT2D eigenvalue weighted by Gasteiger charge is 2.21. The fourth-order valence-electron chi connectivity index (χ4n) is 2.12. The standard InChI is InChI=1S/C19H18F2N2O4/c1-2-3-11-27-19(26)12-7-4-5-10-15(12)22-17(24)18(25)23-16-13(20)8-6-9-14(16)21/h4-10H,2-3,11H2,1H3,(H,22,24)(H,23,25). The number of hydrogen-bond acceptors (Lipinski definition) is 4. The molecule has 0 aliphatic heterocycles. The van der Waals surface area contributed by atoms with E-state index in [1.54, 1.807) is 12.1 Å². The molecule has 2 N–H and O–H groups in total. The zero-order valence-electron chi connectivity index (χ0n) is 14.6. The molecular weight excluding hydrogens is 358 g/mol. The lowest BCUT2D eigenvalue weighted by molar-refractivity contribution is -0.133. The predicted octanol–water partition coefficient (Wildman–Crippen LogP) is 3.50. The first-order valence-corrected chi connectivity index (χ1v) is 8.26. The molecule has 0 aliphatic carbocycles. The number of carbonyl (C=O) groups is 3. The predicted molar refractivity (Wildman–Crippen MR) is 95.2 cm³/mol. The van der Waals surface area contributed by atoms with E-state index < -0.39 is 35.1 Å². The van der Waals surface area contributed by atoms with Gasteiger partial charge in [-0.3, -0.25) is 9.59 Å². The number of esters is 1. The molecule has 0 bridgehead atoms. The second kappa shape index (κ2) is 9.42. The van der Waals surface area contributed by atoms with Gasteiger partial charge in [-0.25, -0.2) is 13.6 Å². The molecule has 0 spiro atoms. The van der Waals surface area contributed by atoms with E-state index in [1.807, 2.05) is 12.2 Å². The van der Waals surface area contributed by atoms with E-state index in [0.29, 0.717) is 6.42 Å². The van der Waals surface area contributed by atoms with E-state index in [0.717, 1.165) is 24.6 Å². The molecule has 0 heterocycles. The number of rotatable bonds is 6. The van der Waals surface area contributed by atoms with E-state index in [9.17, 15) is 23.2 Å². The molecule has 0 fully saturated rings. The van der Waals surface area contributed by atoms with Crippen LogP contribution in [0, 0.1) is 11.6 Å². The van der Waals surface area contributed by atoms with Crippen LogP contribution in [0.15, 0.2) is 42.5 Å². The lowest BCUT2D eigenvalue weighted by atomic mass is 10.1. The van der Waals surface area contributed by atoms with Crippen LogP contribution in [0.2, 0.25) is 0 Å². The normalized spacial score (nSPS) is 10.2. The number of ether oxygens (including phenoxy) is 1. The van der Waals surface area contributed by atoms with Crippen molar-refractivity contribution in [3.05, 3.63) is 59.7 Å². The number of benzene rings is 2. The Labute approximate surface area is 154 Å². The van der Waals surface area contributed by atoms with Crippen molar-refractivity contribution in [3.63, 3.8) is 0 Å². The summed E-state index contributed by atoms with van der Waals surface area (Å²) in [4.78, 5) is 36.1. The molecule has 142 valence electrons. The highest BCUT2D eigenvalue weighted by molar-refractivity contribution is 6.44. The molecule has 6 nitrogen and oxygen atoms in total. The Morgan fingerprint density at radius 2 is 1.56 bits per heavy atom. The van der Waals surface area contributed by atoms with Crippen LogP contribution in [-0.4, -0.2) is 24.4 Å². The Kier molecular flexibility index (Phi) is 6.99. The van der Waals surface area contributed by atoms with Crippen LogP contribution in [0.5, 0.6) is 0 Å². The van der Waals surface area contributed by atoms with E-state index >= 15 is 0 Å². The van der Waals surface area contributed by atoms with Crippen molar-refractivity contribution in [3.8, 4) is 0 Å². The van der Waals surface area contributed by atoms with Gasteiger partial charge in [0.05, 0.1) is 17.9 Å². The minimum Gasteiger partial charge on any atom is -0.462 e. The number of halogens is 2. The van der Waals surface area contributed by atoms with Gasteiger partial charge in [0.15, 0.2) is 0 Å². The summed E-state index contributed by atoms with van der Waals surface area (Å²) in [6, 6.07) is 8.97. The van der Waals surface area contributed by atoms with Crippen molar-refractivity contribution < 1.29 is 27.9 Å². The largest absolute Gasteiger partial charge is 0.462 e. The quantitative estimate of drug-likeness (QED) is 0.459. The molecular formula is C19H18F2N2O4. The van der Waals surface area contributed by atoms with Crippen molar-refractivity contribution in [1.82, 2.24) is 0 Å². The minimum atomic E-state index is -1.28. The maximum Gasteiger partial charge on any atom is 0.340 e. The summed E-state index contributed by atoms with van der Waals surface area (Å²) in [5.41, 5.74) is -0.620. The maximum atomic E-state index is 13.6. The Bertz CT molecular complexity index is 835. The van der Waals surface area contributed by atoms with E-state index in [4.69, 9.17) is 4.74 Å². The third kappa shape index (κ3) is 5.34. The smallest absolute Gasteiger partial charge is 0.340 e. The summed E-state index contributed by atoms with van der Waals surface area (Å²) in [6.07, 6.45) is 1.54. The van der Waals surface area contributed by atoms with Crippen LogP contribution in [0.3, 0.4) is 0 Å². The average Bonchev–Trinajstić information content (AvgIpc) is 2.65. The van der Waals surface area contributed by atoms with E-state index in [1.165, 1.54) is 12.1 Å². The molecule has 2 aromatic carbocycles. The van der Waals surface area contributed by atoms with Crippen LogP contribution in [0.4, 0.5) is 20.2 Å². The zero-order chi connectivity index (χ0) is 19.8. The molecule has 2 aromatic rings. The summed E-state index contributed by atoms with van der Waals surface area (Å²) in [6.45, 7) is 2.17. The molecule has 27 heavy (non-hydrogen) atoms. The van der Waals surface area contributed by atoms with Gasteiger partial charge in [-0.2, -0.15) is 0 Å². The number of hydrogen-bond donors (Lipinski definition) is 2. The summed E-state index contributed by atoms with van der Waals surface area (Å²) in [7, 11) is 0. The second-order valence-electron chi connectivity index (χ2n) is 5.54. The maximum absolute atomic E-state index is 13.6. The number of nitrogens with one attached hydrogen (secondary N) is 2. The summed E-state index contributed by atoms with van der Waals surface area (Å²) in [5.74, 6) is -5.16. The Hall–Kier alpha value is -3.29. The monoisotopic (exact) mass is 376 g/mol. The van der Waals surface area contributed by atoms with Crippen LogP contribution >= 0.6 is 0 Å². The third-order valence-electron chi connectivity index (χ3n) is 3.53. The van der Waals surface area contributed by atoms with Gasteiger partial charge in [0.25, 0.3) is 0 Å². The first-order chi connectivity index (χ1) is 12.9. The van der Waals surface area contributed by atoms with Gasteiger partial charge in [0.2, 0.25) is 0 Å². The van der Waals surface area contributed by atoms with Gasteiger partial charge >= 0.3 is 17.8 Å². The number of amides is 2. The molecule has 0 saturated heterocycles. The molecule has 0 aromatic heterocycles. The number of anilines is 2. The molecule has 0 radical (unpaired) electrons. The van der Waals surface area contributed by atoms with Crippen molar-refractivity contribution in [2.45, 2.75) is 19.8 Å². The lowest BCUT2D eigenvalue weighted by Crippen LogP contribution is -2.30. The molecule has 0 unspecified atom stereocenters. The highest BCUT2D eigenvalue weighted by Crippen LogP contribution is 2.19. The van der Waals surface area contributed by atoms with Gasteiger partial charge in [0, 0.05) is 0 Å². The van der Waals surface area contributed by atoms with Gasteiger partial charge in [-0.1, -0.05) is 31.5 Å². The zero-order valence-corrected chi connectivity index (χ0v) is 14.6. The van der Waals surface area contributed by atoms with Crippen molar-refractivity contribution >= 4 is 29.2 Å². The number of carbonyl (C=O) groups excluding carboxylic acids is 3. The highest BCUT2D eigenvalue weighted by atomic mass is 19.1. The van der Waals surface area contributed by atoms with Crippen molar-refractivity contribution in [2.75, 3.05) is 17.2 Å². The summed E-state index contributed by atoms with van der Waals surface area (Å²) < 4.78 is 32.2. The molecule has 8 heteroatoms. The van der Waals surface area contributed by atoms with Gasteiger partial charge in [-0.05, 0) is 30.7 Å². The first kappa shape index (κ1) is 20.0. The number of para-hydroxylation sites is 2. The Morgan fingerprint density at radius 3 is 2.22 bits per heavy atom. The fourth-order valence-corrected chi connectivity index (χ4v) is 2.12. The second-order valence-corrected chi connectivity index (χ2v) is 5.54. The molecule has 2 rings (SSSR count). The lowest BCUT2D eigenvalue weighted by Gasteiger charge is -2.11. The minimum absolute atomic E-state index is 0.0492. The van der Waals surface area contributed by atoms with E-state index in [2.05, 4.69) is 5.32 Å². The summed E-state index contributed by atoms with van der Waals surface area (Å²) in [5, 5.41) is 4.12. The Balaban J connectivity index is 2.09. The van der Waals surface area contributed by atoms with Crippen molar-refractivity contribution in [1.29, 1.82) is 0 Å². The topological polar surface area (TPSA) is 84.5 Å². The van der Waals surface area contributed by atoms with Crippen molar-refractivity contribution in [2.24, 2.45) is 0 Å². The molecule has 2 amide bonds. The van der Waals surface area contributed by atoms with Gasteiger partial charge in [0.1, 0.15) is 17.3 Å². The summed E-state index contributed by atoms with van der Waals surface area (Å²) >= 11 is 0. The molecule has 0 atom stereocenters. The fraction of sp³-hybridized carbons (Fsp3) is 0.211. The van der Waals surface area contributed by atoms with E-state index in [-0.39, 0.29) is 17.9 Å². The average molecular weight is 376 g/mol. The molecule has 0 aliphatic rings. The van der Waals surface area contributed by atoms with Gasteiger partial charge in [-0.15, -0.1) is 0 Å². The Morgan fingerprint density at radius 1 is 0.926 bits per heavy atom. The van der Waals surface area contributed by atoms with Crippen LogP contribution < -0.4 is 10.6 Å². The third-order valence-corrected chi connectivity index (χ3v) is 3.53.